The highest BCUT2D eigenvalue weighted by atomic mass is 79.9. The lowest BCUT2D eigenvalue weighted by atomic mass is 10.3. The first-order valence-electron chi connectivity index (χ1n) is 4.41. The van der Waals surface area contributed by atoms with Crippen molar-refractivity contribution in [2.24, 2.45) is 0 Å². The number of methoxy groups -OCH3 is 1. The first-order valence-corrected chi connectivity index (χ1v) is 5.21. The SMILES string of the molecule is C=CCC(=O)Nc1cc(Br)ccc1OC. The molecule has 0 spiro atoms. The number of hydrogen-bond donors (Lipinski definition) is 1. The third-order valence-corrected chi connectivity index (χ3v) is 2.26. The van der Waals surface area contributed by atoms with E-state index < -0.39 is 0 Å². The highest BCUT2D eigenvalue weighted by molar-refractivity contribution is 9.10. The third kappa shape index (κ3) is 3.40. The highest BCUT2D eigenvalue weighted by Crippen LogP contribution is 2.27. The molecule has 0 aromatic heterocycles. The molecular formula is C11H12BrNO2. The molecule has 0 heterocycles. The van der Waals surface area contributed by atoms with Gasteiger partial charge in [0, 0.05) is 10.9 Å². The Morgan fingerprint density at radius 1 is 1.67 bits per heavy atom. The van der Waals surface area contributed by atoms with E-state index in [9.17, 15) is 4.79 Å². The van der Waals surface area contributed by atoms with Gasteiger partial charge in [-0.1, -0.05) is 22.0 Å². The maximum absolute atomic E-state index is 11.3. The van der Waals surface area contributed by atoms with Gasteiger partial charge in [-0.15, -0.1) is 6.58 Å². The second kappa shape index (κ2) is 5.56. The molecule has 0 atom stereocenters. The minimum absolute atomic E-state index is 0.110. The molecule has 1 aromatic carbocycles. The van der Waals surface area contributed by atoms with Gasteiger partial charge >= 0.3 is 0 Å². The summed E-state index contributed by atoms with van der Waals surface area (Å²) in [6.45, 7) is 3.50. The Kier molecular flexibility index (Phi) is 4.37. The number of carbonyl (C=O) groups is 1. The number of rotatable bonds is 4. The van der Waals surface area contributed by atoms with E-state index in [0.717, 1.165) is 4.47 Å². The average molecular weight is 270 g/mol. The van der Waals surface area contributed by atoms with Crippen molar-refractivity contribution < 1.29 is 9.53 Å². The van der Waals surface area contributed by atoms with E-state index in [4.69, 9.17) is 4.74 Å². The zero-order chi connectivity index (χ0) is 11.3. The first-order chi connectivity index (χ1) is 7.17. The number of halogens is 1. The van der Waals surface area contributed by atoms with Crippen LogP contribution in [-0.4, -0.2) is 13.0 Å². The lowest BCUT2D eigenvalue weighted by Gasteiger charge is -2.09. The topological polar surface area (TPSA) is 38.3 Å². The predicted octanol–water partition coefficient (Wildman–Crippen LogP) is 2.97. The molecule has 1 aromatic rings. The van der Waals surface area contributed by atoms with Gasteiger partial charge in [-0.3, -0.25) is 4.79 Å². The van der Waals surface area contributed by atoms with Crippen molar-refractivity contribution in [3.8, 4) is 5.75 Å². The largest absolute Gasteiger partial charge is 0.495 e. The minimum Gasteiger partial charge on any atom is -0.495 e. The average Bonchev–Trinajstić information content (AvgIpc) is 2.18. The Balaban J connectivity index is 2.86. The number of anilines is 1. The summed E-state index contributed by atoms with van der Waals surface area (Å²) in [5.41, 5.74) is 0.652. The number of amides is 1. The van der Waals surface area contributed by atoms with Crippen LogP contribution >= 0.6 is 15.9 Å². The summed E-state index contributed by atoms with van der Waals surface area (Å²) < 4.78 is 6.00. The van der Waals surface area contributed by atoms with Gasteiger partial charge in [-0.2, -0.15) is 0 Å². The zero-order valence-electron chi connectivity index (χ0n) is 8.42. The summed E-state index contributed by atoms with van der Waals surface area (Å²) in [7, 11) is 1.56. The second-order valence-corrected chi connectivity index (χ2v) is 3.80. The summed E-state index contributed by atoms with van der Waals surface area (Å²) in [6.07, 6.45) is 1.84. The van der Waals surface area contributed by atoms with Gasteiger partial charge in [0.15, 0.2) is 0 Å². The molecule has 0 aliphatic carbocycles. The lowest BCUT2D eigenvalue weighted by Crippen LogP contribution is -2.10. The van der Waals surface area contributed by atoms with E-state index in [1.807, 2.05) is 6.07 Å². The highest BCUT2D eigenvalue weighted by Gasteiger charge is 2.06. The molecule has 4 heteroatoms. The first kappa shape index (κ1) is 11.8. The van der Waals surface area contributed by atoms with Crippen LogP contribution in [0.4, 0.5) is 5.69 Å². The number of hydrogen-bond acceptors (Lipinski definition) is 2. The molecule has 0 unspecified atom stereocenters. The number of nitrogens with one attached hydrogen (secondary N) is 1. The van der Waals surface area contributed by atoms with Crippen LogP contribution in [0.5, 0.6) is 5.75 Å². The number of carbonyl (C=O) groups excluding carboxylic acids is 1. The lowest BCUT2D eigenvalue weighted by molar-refractivity contribution is -0.115. The van der Waals surface area contributed by atoms with Crippen LogP contribution in [0, 0.1) is 0 Å². The van der Waals surface area contributed by atoms with E-state index in [2.05, 4.69) is 27.8 Å². The van der Waals surface area contributed by atoms with E-state index in [1.165, 1.54) is 0 Å². The Morgan fingerprint density at radius 3 is 3.00 bits per heavy atom. The van der Waals surface area contributed by atoms with Crippen LogP contribution in [0.1, 0.15) is 6.42 Å². The van der Waals surface area contributed by atoms with Crippen molar-refractivity contribution in [3.63, 3.8) is 0 Å². The van der Waals surface area contributed by atoms with Crippen LogP contribution in [0.3, 0.4) is 0 Å². The van der Waals surface area contributed by atoms with E-state index >= 15 is 0 Å². The third-order valence-electron chi connectivity index (χ3n) is 1.77. The van der Waals surface area contributed by atoms with Gasteiger partial charge in [-0.05, 0) is 18.2 Å². The molecule has 1 rings (SSSR count). The van der Waals surface area contributed by atoms with Gasteiger partial charge in [-0.25, -0.2) is 0 Å². The fourth-order valence-corrected chi connectivity index (χ4v) is 1.47. The van der Waals surface area contributed by atoms with Gasteiger partial charge in [0.25, 0.3) is 0 Å². The van der Waals surface area contributed by atoms with E-state index in [-0.39, 0.29) is 12.3 Å². The van der Waals surface area contributed by atoms with Gasteiger partial charge in [0.1, 0.15) is 5.75 Å². The Hall–Kier alpha value is -1.29. The van der Waals surface area contributed by atoms with Crippen molar-refractivity contribution in [1.29, 1.82) is 0 Å². The molecule has 0 aliphatic heterocycles. The van der Waals surface area contributed by atoms with Crippen molar-refractivity contribution in [2.45, 2.75) is 6.42 Å². The molecule has 1 N–H and O–H groups in total. The molecule has 80 valence electrons. The monoisotopic (exact) mass is 269 g/mol. The summed E-state index contributed by atoms with van der Waals surface area (Å²) in [6, 6.07) is 5.43. The Bertz CT molecular complexity index is 377. The molecular weight excluding hydrogens is 258 g/mol. The quantitative estimate of drug-likeness (QED) is 0.854. The van der Waals surface area contributed by atoms with E-state index in [1.54, 1.807) is 25.3 Å². The van der Waals surface area contributed by atoms with Gasteiger partial charge < -0.3 is 10.1 Å². The van der Waals surface area contributed by atoms with Crippen LogP contribution in [0.2, 0.25) is 0 Å². The van der Waals surface area contributed by atoms with Crippen LogP contribution in [-0.2, 0) is 4.79 Å². The van der Waals surface area contributed by atoms with Gasteiger partial charge in [0.05, 0.1) is 12.8 Å². The Morgan fingerprint density at radius 2 is 2.40 bits per heavy atom. The molecule has 0 saturated carbocycles. The predicted molar refractivity (Wildman–Crippen MR) is 64.1 cm³/mol. The summed E-state index contributed by atoms with van der Waals surface area (Å²) in [5.74, 6) is 0.525. The number of benzene rings is 1. The van der Waals surface area contributed by atoms with Crippen LogP contribution in [0.25, 0.3) is 0 Å². The molecule has 0 bridgehead atoms. The maximum atomic E-state index is 11.3. The summed E-state index contributed by atoms with van der Waals surface area (Å²) in [4.78, 5) is 11.3. The van der Waals surface area contributed by atoms with Crippen LogP contribution in [0.15, 0.2) is 35.3 Å². The molecule has 3 nitrogen and oxygen atoms in total. The second-order valence-electron chi connectivity index (χ2n) is 2.89. The normalized spacial score (nSPS) is 9.47. The maximum Gasteiger partial charge on any atom is 0.228 e. The molecule has 0 radical (unpaired) electrons. The van der Waals surface area contributed by atoms with E-state index in [0.29, 0.717) is 11.4 Å². The molecule has 0 saturated heterocycles. The minimum atomic E-state index is -0.110. The zero-order valence-corrected chi connectivity index (χ0v) is 10.0. The fourth-order valence-electron chi connectivity index (χ4n) is 1.11. The fraction of sp³-hybridized carbons (Fsp3) is 0.182. The molecule has 0 aliphatic rings. The van der Waals surface area contributed by atoms with Gasteiger partial charge in [0.2, 0.25) is 5.91 Å². The van der Waals surface area contributed by atoms with Crippen molar-refractivity contribution >= 4 is 27.5 Å². The standard InChI is InChI=1S/C11H12BrNO2/c1-3-4-11(14)13-9-7-8(12)5-6-10(9)15-2/h3,5-7H,1,4H2,2H3,(H,13,14). The smallest absolute Gasteiger partial charge is 0.228 e. The summed E-state index contributed by atoms with van der Waals surface area (Å²) in [5, 5.41) is 2.74. The van der Waals surface area contributed by atoms with Crippen molar-refractivity contribution in [3.05, 3.63) is 35.3 Å². The number of ether oxygens (including phenoxy) is 1. The molecule has 15 heavy (non-hydrogen) atoms. The molecule has 1 amide bonds. The van der Waals surface area contributed by atoms with Crippen molar-refractivity contribution in [1.82, 2.24) is 0 Å². The van der Waals surface area contributed by atoms with Crippen LogP contribution < -0.4 is 10.1 Å². The summed E-state index contributed by atoms with van der Waals surface area (Å²) >= 11 is 3.33. The van der Waals surface area contributed by atoms with Crippen molar-refractivity contribution in [2.75, 3.05) is 12.4 Å². The molecule has 0 fully saturated rings. The Labute approximate surface area is 97.3 Å².